The van der Waals surface area contributed by atoms with Crippen LogP contribution in [0.1, 0.15) is 18.1 Å². The topological polar surface area (TPSA) is 27.7 Å². The number of alkyl halides is 3. The van der Waals surface area contributed by atoms with E-state index in [2.05, 4.69) is 0 Å². The molecule has 0 saturated carbocycles. The first kappa shape index (κ1) is 21.4. The van der Waals surface area contributed by atoms with E-state index in [4.69, 9.17) is 14.2 Å². The van der Waals surface area contributed by atoms with Crippen LogP contribution >= 0.6 is 11.8 Å². The summed E-state index contributed by atoms with van der Waals surface area (Å²) in [6.45, 7) is 4.68. The van der Waals surface area contributed by atoms with Gasteiger partial charge in [-0.1, -0.05) is 0 Å². The van der Waals surface area contributed by atoms with E-state index in [0.717, 1.165) is 28.3 Å². The second kappa shape index (κ2) is 9.90. The first-order valence-electron chi connectivity index (χ1n) is 8.52. The van der Waals surface area contributed by atoms with Crippen LogP contribution in [-0.2, 0) is 10.9 Å². The van der Waals surface area contributed by atoms with E-state index >= 15 is 0 Å². The van der Waals surface area contributed by atoms with Crippen molar-refractivity contribution in [3.63, 3.8) is 0 Å². The van der Waals surface area contributed by atoms with Crippen molar-refractivity contribution in [1.82, 2.24) is 0 Å². The summed E-state index contributed by atoms with van der Waals surface area (Å²) in [5, 5.41) is 0. The molecule has 1 atom stereocenters. The van der Waals surface area contributed by atoms with Crippen molar-refractivity contribution in [2.45, 2.75) is 31.0 Å². The molecule has 1 unspecified atom stereocenters. The lowest BCUT2D eigenvalue weighted by Crippen LogP contribution is -2.24. The maximum absolute atomic E-state index is 12.6. The molecule has 7 heteroatoms. The zero-order valence-electron chi connectivity index (χ0n) is 15.5. The maximum atomic E-state index is 12.6. The molecule has 0 aliphatic rings. The molecule has 2 aromatic rings. The van der Waals surface area contributed by atoms with Crippen LogP contribution in [0.4, 0.5) is 13.2 Å². The van der Waals surface area contributed by atoms with Gasteiger partial charge in [0.2, 0.25) is 0 Å². The van der Waals surface area contributed by atoms with Crippen LogP contribution in [-0.4, -0.2) is 32.2 Å². The van der Waals surface area contributed by atoms with E-state index in [9.17, 15) is 13.2 Å². The average molecular weight is 400 g/mol. The Morgan fingerprint density at radius 3 is 2.33 bits per heavy atom. The Balaban J connectivity index is 1.90. The molecule has 0 N–H and O–H groups in total. The largest absolute Gasteiger partial charge is 0.496 e. The number of aryl methyl sites for hydroxylation is 1. The zero-order chi connectivity index (χ0) is 19.9. The van der Waals surface area contributed by atoms with Gasteiger partial charge >= 0.3 is 6.18 Å². The van der Waals surface area contributed by atoms with E-state index in [1.807, 2.05) is 32.0 Å². The molecule has 0 aliphatic heterocycles. The molecule has 0 saturated heterocycles. The molecule has 0 amide bonds. The van der Waals surface area contributed by atoms with Gasteiger partial charge in [-0.05, 0) is 61.9 Å². The third-order valence-electron chi connectivity index (χ3n) is 3.82. The molecule has 0 heterocycles. The fourth-order valence-corrected chi connectivity index (χ4v) is 3.43. The standard InChI is InChI=1S/C20H23F3O3S/c1-4-25-17(13-27-18-9-10-19(24-3)14(2)11-18)12-26-16-7-5-15(6-8-16)20(21,22)23/h5-11,17H,4,12-13H2,1-3H3. The van der Waals surface area contributed by atoms with Crippen molar-refractivity contribution in [2.75, 3.05) is 26.1 Å². The summed E-state index contributed by atoms with van der Waals surface area (Å²) >= 11 is 1.63. The van der Waals surface area contributed by atoms with E-state index < -0.39 is 11.7 Å². The maximum Gasteiger partial charge on any atom is 0.416 e. The second-order valence-electron chi connectivity index (χ2n) is 5.85. The predicted octanol–water partition coefficient (Wildman–Crippen LogP) is 5.60. The van der Waals surface area contributed by atoms with Gasteiger partial charge < -0.3 is 14.2 Å². The molecule has 0 aliphatic carbocycles. The highest BCUT2D eigenvalue weighted by molar-refractivity contribution is 7.99. The molecule has 2 aromatic carbocycles. The number of hydrogen-bond acceptors (Lipinski definition) is 4. The number of benzene rings is 2. The summed E-state index contributed by atoms with van der Waals surface area (Å²) < 4.78 is 54.4. The summed E-state index contributed by atoms with van der Waals surface area (Å²) in [7, 11) is 1.64. The van der Waals surface area contributed by atoms with Gasteiger partial charge in [-0.2, -0.15) is 13.2 Å². The van der Waals surface area contributed by atoms with Crippen molar-refractivity contribution < 1.29 is 27.4 Å². The first-order chi connectivity index (χ1) is 12.8. The lowest BCUT2D eigenvalue weighted by molar-refractivity contribution is -0.137. The highest BCUT2D eigenvalue weighted by Crippen LogP contribution is 2.30. The Bertz CT molecular complexity index is 717. The summed E-state index contributed by atoms with van der Waals surface area (Å²) in [5.74, 6) is 1.89. The fourth-order valence-electron chi connectivity index (χ4n) is 2.44. The quantitative estimate of drug-likeness (QED) is 0.512. The van der Waals surface area contributed by atoms with E-state index in [1.165, 1.54) is 12.1 Å². The van der Waals surface area contributed by atoms with Crippen LogP contribution in [0.25, 0.3) is 0 Å². The first-order valence-corrected chi connectivity index (χ1v) is 9.51. The SMILES string of the molecule is CCOC(COc1ccc(C(F)(F)F)cc1)CSc1ccc(OC)c(C)c1. The highest BCUT2D eigenvalue weighted by Gasteiger charge is 2.30. The van der Waals surface area contributed by atoms with Gasteiger partial charge in [-0.15, -0.1) is 11.8 Å². The van der Waals surface area contributed by atoms with E-state index in [0.29, 0.717) is 18.1 Å². The molecular formula is C20H23F3O3S. The molecule has 0 radical (unpaired) electrons. The number of thioether (sulfide) groups is 1. The van der Waals surface area contributed by atoms with Crippen LogP contribution in [0.5, 0.6) is 11.5 Å². The Labute approximate surface area is 161 Å². The Kier molecular flexibility index (Phi) is 7.86. The van der Waals surface area contributed by atoms with Crippen molar-refractivity contribution >= 4 is 11.8 Å². The van der Waals surface area contributed by atoms with Crippen molar-refractivity contribution in [3.8, 4) is 11.5 Å². The van der Waals surface area contributed by atoms with Gasteiger partial charge in [0.15, 0.2) is 0 Å². The minimum absolute atomic E-state index is 0.176. The Morgan fingerprint density at radius 1 is 1.07 bits per heavy atom. The number of hydrogen-bond donors (Lipinski definition) is 0. The van der Waals surface area contributed by atoms with Crippen LogP contribution in [0, 0.1) is 6.92 Å². The number of halogens is 3. The van der Waals surface area contributed by atoms with Crippen molar-refractivity contribution in [2.24, 2.45) is 0 Å². The zero-order valence-corrected chi connectivity index (χ0v) is 16.3. The Morgan fingerprint density at radius 2 is 1.78 bits per heavy atom. The van der Waals surface area contributed by atoms with Gasteiger partial charge in [-0.3, -0.25) is 0 Å². The summed E-state index contributed by atoms with van der Waals surface area (Å²) in [5.41, 5.74) is 0.359. The average Bonchev–Trinajstić information content (AvgIpc) is 2.63. The van der Waals surface area contributed by atoms with Crippen molar-refractivity contribution in [3.05, 3.63) is 53.6 Å². The third-order valence-corrected chi connectivity index (χ3v) is 4.95. The minimum Gasteiger partial charge on any atom is -0.496 e. The number of ether oxygens (including phenoxy) is 3. The molecule has 27 heavy (non-hydrogen) atoms. The number of methoxy groups -OCH3 is 1. The van der Waals surface area contributed by atoms with Gasteiger partial charge in [-0.25, -0.2) is 0 Å². The summed E-state index contributed by atoms with van der Waals surface area (Å²) in [6.07, 6.45) is -4.52. The summed E-state index contributed by atoms with van der Waals surface area (Å²) in [4.78, 5) is 1.09. The van der Waals surface area contributed by atoms with Crippen LogP contribution in [0.2, 0.25) is 0 Å². The predicted molar refractivity (Wildman–Crippen MR) is 101 cm³/mol. The molecule has 0 aromatic heterocycles. The van der Waals surface area contributed by atoms with Crippen LogP contribution < -0.4 is 9.47 Å². The minimum atomic E-state index is -4.35. The highest BCUT2D eigenvalue weighted by atomic mass is 32.2. The van der Waals surface area contributed by atoms with E-state index in [1.54, 1.807) is 18.9 Å². The monoisotopic (exact) mass is 400 g/mol. The lowest BCUT2D eigenvalue weighted by Gasteiger charge is -2.18. The molecule has 0 bridgehead atoms. The molecule has 2 rings (SSSR count). The third kappa shape index (κ3) is 6.66. The van der Waals surface area contributed by atoms with Crippen molar-refractivity contribution in [1.29, 1.82) is 0 Å². The van der Waals surface area contributed by atoms with Crippen LogP contribution in [0.15, 0.2) is 47.4 Å². The van der Waals surface area contributed by atoms with Gasteiger partial charge in [0.25, 0.3) is 0 Å². The fraction of sp³-hybridized carbons (Fsp3) is 0.400. The van der Waals surface area contributed by atoms with Gasteiger partial charge in [0.05, 0.1) is 12.7 Å². The normalized spacial score (nSPS) is 12.7. The molecule has 3 nitrogen and oxygen atoms in total. The summed E-state index contributed by atoms with van der Waals surface area (Å²) in [6, 6.07) is 10.6. The van der Waals surface area contributed by atoms with Gasteiger partial charge in [0.1, 0.15) is 24.2 Å². The molecular weight excluding hydrogens is 377 g/mol. The Hall–Kier alpha value is -1.86. The second-order valence-corrected chi connectivity index (χ2v) is 6.95. The molecule has 0 spiro atoms. The van der Waals surface area contributed by atoms with Gasteiger partial charge in [0, 0.05) is 17.3 Å². The van der Waals surface area contributed by atoms with Crippen LogP contribution in [0.3, 0.4) is 0 Å². The smallest absolute Gasteiger partial charge is 0.416 e. The molecule has 0 fully saturated rings. The molecule has 148 valence electrons. The number of rotatable bonds is 9. The van der Waals surface area contributed by atoms with E-state index in [-0.39, 0.29) is 12.7 Å². The lowest BCUT2D eigenvalue weighted by atomic mass is 10.2.